The summed E-state index contributed by atoms with van der Waals surface area (Å²) in [7, 11) is -74.4. The van der Waals surface area contributed by atoms with Crippen LogP contribution in [0.2, 0.25) is 0 Å². The van der Waals surface area contributed by atoms with E-state index < -0.39 is 269 Å². The number of hydrogen-bond acceptors (Lipinski definition) is 56. The van der Waals surface area contributed by atoms with Crippen LogP contribution in [0.15, 0.2) is 17.8 Å². The minimum atomic E-state index is -6.48. The van der Waals surface area contributed by atoms with Crippen molar-refractivity contribution < 1.29 is 638 Å². The van der Waals surface area contributed by atoms with Gasteiger partial charge in [-0.1, -0.05) is 23.4 Å². The molecule has 2 aliphatic carbocycles. The normalized spacial score (nSPS) is 23.8. The number of ether oxygens (including phenoxy) is 7. The SMILES string of the molecule is CCOCCOCCn1cc(CO[C@H]2[CH-][C@@H](OS(=O)(=O)[O-])[C@H](O[C@@H]3[CH-][C@@H](OS(=O)(=O)[O-])[C@H](O[C@@H]4[CH-][C@@H](OS(=O)(=O)[O-])[C@H](N([C@H]5C=C(COS(=O)(=O)[O-])C(OS(=O)(=O)[O-])[C@H](OS(=O)(=O)[O-])[CH-]5)S(=O)(=O)[O-])[C@@H](C)O4)[C@@H](COS(=O)(=O)[O-])O3)[C@@H](COS(=O)(=O)[O-])C2)nn1.O=S(=O)([O-])O.O=S(=O)([O-])O.O=S(=O)([O-])O.O=S(=O)([O-])O.[Na+].[Na+].[Na+].[Na+].[Na+].[Na+].[Na+].[Na+].[Na+].[Na+].[Na+].[Na+].[Na+]. The largest absolute Gasteiger partial charge is 1.00 e. The molecule has 62 nitrogen and oxygen atoms in total. The Morgan fingerprint density at radius 2 is 0.829 bits per heavy atom. The zero-order chi connectivity index (χ0) is 85.8. The van der Waals surface area contributed by atoms with Gasteiger partial charge in [0, 0.05) is 31.1 Å². The van der Waals surface area contributed by atoms with Crippen LogP contribution in [-0.4, -0.2) is 338 Å². The second-order valence-electron chi connectivity index (χ2n) is 19.9. The van der Waals surface area contributed by atoms with Crippen molar-refractivity contribution >= 4 is 135 Å². The molecule has 15 atom stereocenters. The Morgan fingerprint density at radius 3 is 1.24 bits per heavy atom. The molecule has 0 radical (unpaired) electrons. The molecule has 1 aromatic heterocycles. The minimum Gasteiger partial charge on any atom is -0.735 e. The van der Waals surface area contributed by atoms with Crippen LogP contribution in [0.25, 0.3) is 0 Å². The molecule has 4 N–H and O–H groups in total. The summed E-state index contributed by atoms with van der Waals surface area (Å²) in [5.41, 5.74) is -1.24. The molecule has 123 heavy (non-hydrogen) atoms. The average molecular weight is 2170 g/mol. The van der Waals surface area contributed by atoms with Gasteiger partial charge in [-0.3, -0.25) is 47.8 Å². The van der Waals surface area contributed by atoms with Gasteiger partial charge in [0.05, 0.1) is 83.4 Å². The second kappa shape index (κ2) is 71.4. The summed E-state index contributed by atoms with van der Waals surface area (Å²) < 4.78 is 530. The Bertz CT molecular complexity index is 4640. The first kappa shape index (κ1) is 161. The monoisotopic (exact) mass is 2170 g/mol. The molecule has 2 aliphatic heterocycles. The van der Waals surface area contributed by atoms with E-state index >= 15 is 0 Å². The number of aromatic nitrogens is 3. The first-order valence-corrected chi connectivity index (χ1v) is 44.4. The molecule has 3 fully saturated rings. The molecule has 0 spiro atoms. The molecule has 1 saturated carbocycles. The van der Waals surface area contributed by atoms with Crippen molar-refractivity contribution in [2.75, 3.05) is 46.2 Å². The summed E-state index contributed by atoms with van der Waals surface area (Å²) >= 11 is 0. The first-order chi connectivity index (χ1) is 49.0. The summed E-state index contributed by atoms with van der Waals surface area (Å²) in [6, 6.07) is -5.50. The fourth-order valence-corrected chi connectivity index (χ4v) is 13.0. The van der Waals surface area contributed by atoms with Crippen molar-refractivity contribution in [1.29, 1.82) is 0 Å². The second-order valence-corrected chi connectivity index (χ2v) is 32.8. The van der Waals surface area contributed by atoms with Crippen molar-refractivity contribution in [1.82, 2.24) is 19.3 Å². The van der Waals surface area contributed by atoms with Crippen LogP contribution in [0.5, 0.6) is 0 Å². The van der Waals surface area contributed by atoms with E-state index in [0.717, 1.165) is 6.42 Å². The summed E-state index contributed by atoms with van der Waals surface area (Å²) in [4.78, 5) is 0. The maximum Gasteiger partial charge on any atom is 1.00 e. The number of nitrogens with zero attached hydrogens (tertiary/aromatic N) is 4. The van der Waals surface area contributed by atoms with Crippen LogP contribution in [0, 0.1) is 31.6 Å². The number of hydrogen-bond donors (Lipinski definition) is 4. The maximum atomic E-state index is 13.2. The van der Waals surface area contributed by atoms with Crippen molar-refractivity contribution in [3.05, 3.63) is 49.2 Å². The zero-order valence-corrected chi connectivity index (χ0v) is 103. The van der Waals surface area contributed by atoms with Crippen molar-refractivity contribution in [2.45, 2.75) is 119 Å². The summed E-state index contributed by atoms with van der Waals surface area (Å²) in [6.45, 7) is -1.69. The maximum absolute atomic E-state index is 13.2. The van der Waals surface area contributed by atoms with Crippen molar-refractivity contribution in [2.24, 2.45) is 5.92 Å². The van der Waals surface area contributed by atoms with E-state index in [1.54, 1.807) is 6.92 Å². The van der Waals surface area contributed by atoms with Gasteiger partial charge in [0.25, 0.3) is 0 Å². The van der Waals surface area contributed by atoms with Gasteiger partial charge in [0.15, 0.2) is 10.3 Å². The van der Waals surface area contributed by atoms with E-state index in [0.29, 0.717) is 26.6 Å². The summed E-state index contributed by atoms with van der Waals surface area (Å²) in [6.07, 6.45) is -27.9. The van der Waals surface area contributed by atoms with Gasteiger partial charge < -0.3 is 109 Å². The molecule has 654 valence electrons. The average Bonchev–Trinajstić information content (AvgIpc) is 1.24. The van der Waals surface area contributed by atoms with Gasteiger partial charge in [-0.05, 0) is 50.3 Å². The molecule has 88 heteroatoms. The molecule has 0 bridgehead atoms. The van der Waals surface area contributed by atoms with Crippen LogP contribution in [0.4, 0.5) is 0 Å². The quantitative estimate of drug-likeness (QED) is 0.0121. The van der Waals surface area contributed by atoms with Gasteiger partial charge in [-0.25, -0.2) is 131 Å². The van der Waals surface area contributed by atoms with E-state index in [4.69, 9.17) is 103 Å². The van der Waals surface area contributed by atoms with E-state index in [-0.39, 0.29) is 429 Å². The number of rotatable bonds is 36. The predicted octanol–water partition coefficient (Wildman–Crippen LogP) is -51.5. The van der Waals surface area contributed by atoms with Gasteiger partial charge >= 0.3 is 384 Å². The molecular weight excluding hydrogens is 2120 g/mol. The fraction of sp³-hybridized carbons (Fsp3) is 0.771. The Morgan fingerprint density at radius 1 is 0.455 bits per heavy atom. The standard InChI is InChI=1S/C35H56N4O42S9.13Na.4H2O4S/c1-3-67-6-7-68-5-4-38-14-22(36-37-38)17-69-24-9-21(16-71-84(46,47)48)33(27(11-24)79-88(58,59)60)75-31-13-28(80-89(61,62)63)35(29(74-31)18-72-85(49,50)51)76-30-12-25(77-86(52,53)54)32(19(2)73-30)39(82(40,41)42)23-8-20(15-70-83(43,44)45)34(81-90(64,65)66)26(10-23)78-87(55,56)57;;;;;;;;;;;;;;4*1-5(2,3)4/h8,10-14,19,21,23-35H,3-7,9,15-18H2,1-2H3,(H,40,41,42)(H,43,44,45)(H,46,47,48)(H,49,50,51)(H,52,53,54)(H,55,56,57)(H,58,59,60)(H,61,62,63)(H,64,65,66);;;;;;;;;;;;;;4*(H2,1,2,3,4)/q-4;13*+1;;;;/p-13/t19-,21-,23+,24-,25-,26-,27-,28-,29-,30-,31-,32-,33-,34?,35+;;;;;;;;;;;;;;;;;/m1................./s1. The fourth-order valence-electron chi connectivity index (χ4n) is 8.82. The Kier molecular flexibility index (Phi) is 93.4. The van der Waals surface area contributed by atoms with Crippen LogP contribution >= 0.6 is 0 Å². The van der Waals surface area contributed by atoms with Gasteiger partial charge in [0.1, 0.15) is 11.8 Å². The van der Waals surface area contributed by atoms with Crippen molar-refractivity contribution in [3.8, 4) is 0 Å². The van der Waals surface area contributed by atoms with Gasteiger partial charge in [-0.15, -0.1) is 5.10 Å². The van der Waals surface area contributed by atoms with Gasteiger partial charge in [0.2, 0.25) is 125 Å². The van der Waals surface area contributed by atoms with Crippen LogP contribution in [-0.2, 0) is 215 Å². The molecule has 5 rings (SSSR count). The van der Waals surface area contributed by atoms with E-state index in [2.05, 4.69) is 43.8 Å². The minimum absolute atomic E-state index is 0. The third kappa shape index (κ3) is 86.0. The molecule has 3 heterocycles. The molecular formula is C35H51N4Na13O58S13-4. The smallest absolute Gasteiger partial charge is 0.735 e. The molecule has 0 aromatic carbocycles. The molecule has 1 unspecified atom stereocenters. The van der Waals surface area contributed by atoms with E-state index in [1.807, 2.05) is 0 Å². The van der Waals surface area contributed by atoms with E-state index in [1.165, 1.54) is 10.9 Å². The molecule has 4 aliphatic rings. The van der Waals surface area contributed by atoms with E-state index in [9.17, 15) is 117 Å². The Labute approximate surface area is 993 Å². The first-order valence-electron chi connectivity index (χ1n) is 26.9. The van der Waals surface area contributed by atoms with Crippen LogP contribution in [0.1, 0.15) is 26.0 Å². The summed E-state index contributed by atoms with van der Waals surface area (Å²) in [5.74, 6) is -1.76. The Balaban J connectivity index is -0.000000298. The van der Waals surface area contributed by atoms with Gasteiger partial charge in [-0.2, -0.15) is 0 Å². The molecule has 2 saturated heterocycles. The third-order valence-corrected chi connectivity index (χ3v) is 16.4. The third-order valence-electron chi connectivity index (χ3n) is 11.8. The molecule has 0 amide bonds. The molecule has 1 aromatic rings. The topological polar surface area (TPSA) is 997 Å². The van der Waals surface area contributed by atoms with Crippen LogP contribution in [0.3, 0.4) is 0 Å². The predicted molar refractivity (Wildman–Crippen MR) is 310 cm³/mol. The van der Waals surface area contributed by atoms with Crippen LogP contribution < -0.4 is 384 Å². The zero-order valence-electron chi connectivity index (χ0n) is 66.1. The Hall–Kier alpha value is 9.91. The van der Waals surface area contributed by atoms with Crippen molar-refractivity contribution in [3.63, 3.8) is 0 Å². The summed E-state index contributed by atoms with van der Waals surface area (Å²) in [5, 5.41) is 7.77.